The molecule has 2 rings (SSSR count). The minimum Gasteiger partial charge on any atom is -0.339 e. The smallest absolute Gasteiger partial charge is 0.261 e. The van der Waals surface area contributed by atoms with Crippen LogP contribution in [0.5, 0.6) is 0 Å². The fraction of sp³-hybridized carbons (Fsp3) is 0.500. The van der Waals surface area contributed by atoms with Crippen LogP contribution in [0.15, 0.2) is 17.0 Å². The lowest BCUT2D eigenvalue weighted by Gasteiger charge is -2.21. The summed E-state index contributed by atoms with van der Waals surface area (Å²) in [5.41, 5.74) is -0.153. The zero-order valence-electron chi connectivity index (χ0n) is 11.9. The van der Waals surface area contributed by atoms with Crippen molar-refractivity contribution in [3.05, 3.63) is 29.1 Å². The lowest BCUT2D eigenvalue weighted by molar-refractivity contribution is 0.0751. The van der Waals surface area contributed by atoms with E-state index in [0.717, 1.165) is 25.0 Å². The van der Waals surface area contributed by atoms with E-state index in [1.807, 2.05) is 6.92 Å². The highest BCUT2D eigenvalue weighted by atomic mass is 35.7. The number of nitrogens with zero attached hydrogens (tertiary/aromatic N) is 1. The number of amides is 1. The molecule has 0 heterocycles. The summed E-state index contributed by atoms with van der Waals surface area (Å²) in [6.45, 7) is 4.25. The Hall–Kier alpha value is -1.14. The Balaban J connectivity index is 2.41. The third kappa shape index (κ3) is 3.74. The summed E-state index contributed by atoms with van der Waals surface area (Å²) in [5, 5.41) is 0. The molecule has 0 N–H and O–H groups in total. The van der Waals surface area contributed by atoms with Gasteiger partial charge in [-0.2, -0.15) is 0 Å². The number of hydrogen-bond acceptors (Lipinski definition) is 3. The maximum absolute atomic E-state index is 14.2. The predicted molar refractivity (Wildman–Crippen MR) is 78.5 cm³/mol. The number of carbonyl (C=O) groups is 1. The van der Waals surface area contributed by atoms with E-state index in [-0.39, 0.29) is 16.0 Å². The van der Waals surface area contributed by atoms with E-state index < -0.39 is 20.8 Å². The molecular formula is C14H17ClFNO3S. The Kier molecular flexibility index (Phi) is 4.58. The molecule has 0 atom stereocenters. The molecule has 0 unspecified atom stereocenters. The molecular weight excluding hydrogens is 317 g/mol. The Morgan fingerprint density at radius 2 is 2.05 bits per heavy atom. The van der Waals surface area contributed by atoms with E-state index in [1.54, 1.807) is 4.90 Å². The van der Waals surface area contributed by atoms with Gasteiger partial charge in [0.1, 0.15) is 5.82 Å². The third-order valence-corrected chi connectivity index (χ3v) is 4.92. The number of carbonyl (C=O) groups excluding carboxylic acids is 1. The molecule has 0 saturated heterocycles. The van der Waals surface area contributed by atoms with E-state index in [0.29, 0.717) is 19.0 Å². The van der Waals surface area contributed by atoms with Crippen LogP contribution in [-0.2, 0) is 9.05 Å². The van der Waals surface area contributed by atoms with Crippen molar-refractivity contribution in [1.82, 2.24) is 4.90 Å². The molecule has 4 nitrogen and oxygen atoms in total. The molecule has 0 aromatic heterocycles. The zero-order chi connectivity index (χ0) is 15.8. The normalized spacial score (nSPS) is 15.0. The van der Waals surface area contributed by atoms with Crippen molar-refractivity contribution in [3.63, 3.8) is 0 Å². The lowest BCUT2D eigenvalue weighted by Crippen LogP contribution is -2.33. The summed E-state index contributed by atoms with van der Waals surface area (Å²) in [5.74, 6) is -0.719. The molecule has 1 aromatic rings. The van der Waals surface area contributed by atoms with E-state index >= 15 is 0 Å². The second-order valence-corrected chi connectivity index (χ2v) is 7.89. The predicted octanol–water partition coefficient (Wildman–Crippen LogP) is 2.93. The Bertz CT molecular complexity index is 671. The van der Waals surface area contributed by atoms with Crippen molar-refractivity contribution in [3.8, 4) is 0 Å². The van der Waals surface area contributed by atoms with Crippen molar-refractivity contribution in [1.29, 1.82) is 0 Å². The molecule has 0 aliphatic heterocycles. The fourth-order valence-electron chi connectivity index (χ4n) is 2.17. The Morgan fingerprint density at radius 1 is 1.43 bits per heavy atom. The third-order valence-electron chi connectivity index (χ3n) is 3.58. The standard InChI is InChI=1S/C14H17ClFNO3S/c1-3-17(8-10-4-5-10)14(18)12-7-11(21(15,19)20)6-9(2)13(12)16/h6-7,10H,3-5,8H2,1-2H3. The average Bonchev–Trinajstić information content (AvgIpc) is 3.21. The van der Waals surface area contributed by atoms with Crippen molar-refractivity contribution in [2.24, 2.45) is 5.92 Å². The van der Waals surface area contributed by atoms with Gasteiger partial charge in [0, 0.05) is 23.8 Å². The summed E-state index contributed by atoms with van der Waals surface area (Å²) in [4.78, 5) is 13.7. The van der Waals surface area contributed by atoms with Crippen LogP contribution in [0.25, 0.3) is 0 Å². The van der Waals surface area contributed by atoms with Crippen LogP contribution in [0, 0.1) is 18.7 Å². The Labute approximate surface area is 128 Å². The van der Waals surface area contributed by atoms with Crippen LogP contribution in [-0.4, -0.2) is 32.3 Å². The lowest BCUT2D eigenvalue weighted by atomic mass is 10.1. The summed E-state index contributed by atoms with van der Waals surface area (Å²) in [6.07, 6.45) is 2.14. The largest absolute Gasteiger partial charge is 0.339 e. The van der Waals surface area contributed by atoms with Crippen LogP contribution in [0.1, 0.15) is 35.7 Å². The summed E-state index contributed by atoms with van der Waals surface area (Å²) < 4.78 is 37.0. The van der Waals surface area contributed by atoms with Gasteiger partial charge in [-0.1, -0.05) is 0 Å². The van der Waals surface area contributed by atoms with Gasteiger partial charge in [0.25, 0.3) is 15.0 Å². The first-order valence-electron chi connectivity index (χ1n) is 6.78. The Morgan fingerprint density at radius 3 is 2.52 bits per heavy atom. The van der Waals surface area contributed by atoms with Crippen molar-refractivity contribution in [2.75, 3.05) is 13.1 Å². The first-order valence-corrected chi connectivity index (χ1v) is 9.09. The molecule has 0 bridgehead atoms. The van der Waals surface area contributed by atoms with Gasteiger partial charge in [0.05, 0.1) is 10.5 Å². The van der Waals surface area contributed by atoms with Crippen LogP contribution in [0.2, 0.25) is 0 Å². The van der Waals surface area contributed by atoms with Gasteiger partial charge in [0.15, 0.2) is 0 Å². The second kappa shape index (κ2) is 5.93. The van der Waals surface area contributed by atoms with Gasteiger partial charge in [-0.05, 0) is 50.3 Å². The molecule has 0 spiro atoms. The fourth-order valence-corrected chi connectivity index (χ4v) is 3.01. The van der Waals surface area contributed by atoms with E-state index in [4.69, 9.17) is 10.7 Å². The second-order valence-electron chi connectivity index (χ2n) is 5.33. The van der Waals surface area contributed by atoms with Crippen LogP contribution >= 0.6 is 10.7 Å². The van der Waals surface area contributed by atoms with Crippen molar-refractivity contribution < 1.29 is 17.6 Å². The molecule has 1 aliphatic carbocycles. The zero-order valence-corrected chi connectivity index (χ0v) is 13.5. The number of aryl methyl sites for hydroxylation is 1. The highest BCUT2D eigenvalue weighted by molar-refractivity contribution is 8.13. The topological polar surface area (TPSA) is 54.5 Å². The van der Waals surface area contributed by atoms with Gasteiger partial charge < -0.3 is 4.90 Å². The molecule has 1 aromatic carbocycles. The van der Waals surface area contributed by atoms with Crippen LogP contribution in [0.4, 0.5) is 4.39 Å². The van der Waals surface area contributed by atoms with Gasteiger partial charge in [-0.3, -0.25) is 4.79 Å². The molecule has 1 saturated carbocycles. The first kappa shape index (κ1) is 16.2. The minimum atomic E-state index is -4.01. The number of benzene rings is 1. The van der Waals surface area contributed by atoms with E-state index in [2.05, 4.69) is 0 Å². The van der Waals surface area contributed by atoms with Crippen LogP contribution in [0.3, 0.4) is 0 Å². The molecule has 1 fully saturated rings. The number of halogens is 2. The maximum atomic E-state index is 14.2. The molecule has 0 radical (unpaired) electrons. The molecule has 7 heteroatoms. The van der Waals surface area contributed by atoms with Gasteiger partial charge in [-0.25, -0.2) is 12.8 Å². The highest BCUT2D eigenvalue weighted by Gasteiger charge is 2.28. The highest BCUT2D eigenvalue weighted by Crippen LogP contribution is 2.30. The molecule has 21 heavy (non-hydrogen) atoms. The minimum absolute atomic E-state index is 0.0857. The SMILES string of the molecule is CCN(CC1CC1)C(=O)c1cc(S(=O)(=O)Cl)cc(C)c1F. The van der Waals surface area contributed by atoms with E-state index in [9.17, 15) is 17.6 Å². The summed E-state index contributed by atoms with van der Waals surface area (Å²) >= 11 is 0. The first-order chi connectivity index (χ1) is 9.74. The average molecular weight is 334 g/mol. The van der Waals surface area contributed by atoms with Crippen LogP contribution < -0.4 is 0 Å². The van der Waals surface area contributed by atoms with Gasteiger partial charge in [0.2, 0.25) is 0 Å². The maximum Gasteiger partial charge on any atom is 0.261 e. The molecule has 1 aliphatic rings. The summed E-state index contributed by atoms with van der Waals surface area (Å²) in [6, 6.07) is 2.15. The van der Waals surface area contributed by atoms with E-state index in [1.165, 1.54) is 6.92 Å². The van der Waals surface area contributed by atoms with Gasteiger partial charge in [-0.15, -0.1) is 0 Å². The number of hydrogen-bond donors (Lipinski definition) is 0. The quantitative estimate of drug-likeness (QED) is 0.778. The van der Waals surface area contributed by atoms with Gasteiger partial charge >= 0.3 is 0 Å². The molecule has 116 valence electrons. The van der Waals surface area contributed by atoms with Crippen molar-refractivity contribution in [2.45, 2.75) is 31.6 Å². The van der Waals surface area contributed by atoms with Crippen molar-refractivity contribution >= 4 is 25.6 Å². The number of rotatable bonds is 5. The molecule has 1 amide bonds. The monoisotopic (exact) mass is 333 g/mol. The summed E-state index contributed by atoms with van der Waals surface area (Å²) in [7, 11) is 1.29.